The molecule has 0 aliphatic heterocycles. The Labute approximate surface area is 135 Å². The number of thiophene rings is 1. The average Bonchev–Trinajstić information content (AvgIpc) is 2.90. The van der Waals surface area contributed by atoms with Gasteiger partial charge in [0.25, 0.3) is 0 Å². The molecule has 1 atom stereocenters. The fourth-order valence-electron chi connectivity index (χ4n) is 2.26. The highest BCUT2D eigenvalue weighted by molar-refractivity contribution is 7.10. The number of amides is 2. The summed E-state index contributed by atoms with van der Waals surface area (Å²) in [6.07, 6.45) is 0. The Morgan fingerprint density at radius 3 is 2.73 bits per heavy atom. The molecule has 22 heavy (non-hydrogen) atoms. The lowest BCUT2D eigenvalue weighted by Crippen LogP contribution is -2.36. The van der Waals surface area contributed by atoms with Crippen LogP contribution in [0.5, 0.6) is 5.75 Å². The first kappa shape index (κ1) is 16.4. The second-order valence-corrected chi connectivity index (χ2v) is 6.32. The molecule has 1 unspecified atom stereocenters. The van der Waals surface area contributed by atoms with Gasteiger partial charge in [0.15, 0.2) is 0 Å². The molecule has 0 radical (unpaired) electrons. The molecule has 0 spiro atoms. The van der Waals surface area contributed by atoms with Crippen molar-refractivity contribution in [3.05, 3.63) is 51.2 Å². The molecule has 0 bridgehead atoms. The molecule has 0 saturated carbocycles. The summed E-state index contributed by atoms with van der Waals surface area (Å²) in [6, 6.07) is 7.71. The molecule has 2 amide bonds. The van der Waals surface area contributed by atoms with E-state index < -0.39 is 0 Å². The van der Waals surface area contributed by atoms with E-state index in [0.717, 1.165) is 16.9 Å². The van der Waals surface area contributed by atoms with Gasteiger partial charge in [-0.05, 0) is 43.8 Å². The maximum absolute atomic E-state index is 12.1. The minimum Gasteiger partial charge on any atom is -0.496 e. The van der Waals surface area contributed by atoms with Crippen LogP contribution in [0.3, 0.4) is 0 Å². The zero-order valence-corrected chi connectivity index (χ0v) is 14.2. The van der Waals surface area contributed by atoms with Gasteiger partial charge in [0, 0.05) is 10.4 Å². The van der Waals surface area contributed by atoms with Gasteiger partial charge >= 0.3 is 6.03 Å². The molecule has 2 N–H and O–H groups in total. The third kappa shape index (κ3) is 4.01. The molecule has 0 aliphatic rings. The van der Waals surface area contributed by atoms with Gasteiger partial charge in [-0.15, -0.1) is 11.3 Å². The molecule has 0 saturated heterocycles. The molecule has 118 valence electrons. The van der Waals surface area contributed by atoms with Gasteiger partial charge in [0.1, 0.15) is 5.75 Å². The molecular weight excluding hydrogens is 296 g/mol. The third-order valence-corrected chi connectivity index (χ3v) is 4.60. The summed E-state index contributed by atoms with van der Waals surface area (Å²) in [4.78, 5) is 13.2. The van der Waals surface area contributed by atoms with E-state index in [0.29, 0.717) is 6.54 Å². The van der Waals surface area contributed by atoms with Crippen LogP contribution in [0.2, 0.25) is 0 Å². The molecule has 2 aromatic rings. The summed E-state index contributed by atoms with van der Waals surface area (Å²) in [5.41, 5.74) is 3.32. The minimum absolute atomic E-state index is 0.126. The number of carbonyl (C=O) groups excluding carboxylic acids is 1. The van der Waals surface area contributed by atoms with E-state index in [-0.39, 0.29) is 12.1 Å². The highest BCUT2D eigenvalue weighted by Gasteiger charge is 2.14. The van der Waals surface area contributed by atoms with Gasteiger partial charge in [0.05, 0.1) is 19.7 Å². The largest absolute Gasteiger partial charge is 0.496 e. The van der Waals surface area contributed by atoms with Gasteiger partial charge in [-0.3, -0.25) is 0 Å². The van der Waals surface area contributed by atoms with E-state index in [9.17, 15) is 4.79 Å². The quantitative estimate of drug-likeness (QED) is 0.877. The highest BCUT2D eigenvalue weighted by Crippen LogP contribution is 2.26. The molecule has 4 nitrogen and oxygen atoms in total. The minimum atomic E-state index is -0.177. The summed E-state index contributed by atoms with van der Waals surface area (Å²) < 4.78 is 5.37. The Kier molecular flexibility index (Phi) is 5.44. The van der Waals surface area contributed by atoms with Crippen molar-refractivity contribution < 1.29 is 9.53 Å². The molecule has 5 heteroatoms. The first-order valence-corrected chi connectivity index (χ1v) is 8.11. The summed E-state index contributed by atoms with van der Waals surface area (Å²) in [5, 5.41) is 7.89. The van der Waals surface area contributed by atoms with Crippen LogP contribution in [0.25, 0.3) is 0 Å². The first-order valence-electron chi connectivity index (χ1n) is 7.23. The Morgan fingerprint density at radius 1 is 1.32 bits per heavy atom. The number of hydrogen-bond acceptors (Lipinski definition) is 3. The van der Waals surface area contributed by atoms with Gasteiger partial charge in [-0.1, -0.05) is 17.7 Å². The van der Waals surface area contributed by atoms with Crippen molar-refractivity contribution in [3.63, 3.8) is 0 Å². The van der Waals surface area contributed by atoms with Crippen LogP contribution >= 0.6 is 11.3 Å². The number of nitrogens with one attached hydrogen (secondary N) is 2. The summed E-state index contributed by atoms with van der Waals surface area (Å²) in [7, 11) is 1.64. The first-order chi connectivity index (χ1) is 10.5. The van der Waals surface area contributed by atoms with E-state index in [1.54, 1.807) is 18.4 Å². The Morgan fingerprint density at radius 2 is 2.09 bits per heavy atom. The summed E-state index contributed by atoms with van der Waals surface area (Å²) in [6.45, 7) is 6.57. The van der Waals surface area contributed by atoms with Crippen LogP contribution in [-0.4, -0.2) is 13.1 Å². The lowest BCUT2D eigenvalue weighted by molar-refractivity contribution is 0.237. The van der Waals surface area contributed by atoms with Crippen molar-refractivity contribution in [1.82, 2.24) is 10.6 Å². The SMILES string of the molecule is COc1ccc(C)cc1C(C)NC(=O)NCc1sccc1C. The Hall–Kier alpha value is -2.01. The van der Waals surface area contributed by atoms with E-state index in [1.165, 1.54) is 10.4 Å². The fraction of sp³-hybridized carbons (Fsp3) is 0.353. The van der Waals surface area contributed by atoms with Gasteiger partial charge in [0.2, 0.25) is 0 Å². The molecule has 1 aromatic heterocycles. The highest BCUT2D eigenvalue weighted by atomic mass is 32.1. The third-order valence-electron chi connectivity index (χ3n) is 3.58. The topological polar surface area (TPSA) is 50.4 Å². The Bertz CT molecular complexity index is 652. The smallest absolute Gasteiger partial charge is 0.315 e. The summed E-state index contributed by atoms with van der Waals surface area (Å²) in [5.74, 6) is 0.785. The Balaban J connectivity index is 1.96. The molecule has 0 aliphatic carbocycles. The number of ether oxygens (including phenoxy) is 1. The summed E-state index contributed by atoms with van der Waals surface area (Å²) >= 11 is 1.65. The standard InChI is InChI=1S/C17H22N2O2S/c1-11-5-6-15(21-4)14(9-11)13(3)19-17(20)18-10-16-12(2)7-8-22-16/h5-9,13H,10H2,1-4H3,(H2,18,19,20). The van der Waals surface area contributed by atoms with E-state index in [1.807, 2.05) is 44.4 Å². The fourth-order valence-corrected chi connectivity index (χ4v) is 3.11. The zero-order valence-electron chi connectivity index (χ0n) is 13.4. The van der Waals surface area contributed by atoms with Crippen molar-refractivity contribution in [2.75, 3.05) is 7.11 Å². The van der Waals surface area contributed by atoms with Crippen LogP contribution < -0.4 is 15.4 Å². The molecular formula is C17H22N2O2S. The van der Waals surface area contributed by atoms with Crippen LogP contribution in [0.15, 0.2) is 29.6 Å². The second kappa shape index (κ2) is 7.31. The van der Waals surface area contributed by atoms with Gasteiger partial charge < -0.3 is 15.4 Å². The number of benzene rings is 1. The van der Waals surface area contributed by atoms with Crippen molar-refractivity contribution in [1.29, 1.82) is 0 Å². The predicted octanol–water partition coefficient (Wildman–Crippen LogP) is 3.93. The van der Waals surface area contributed by atoms with Crippen LogP contribution in [-0.2, 0) is 6.54 Å². The van der Waals surface area contributed by atoms with E-state index >= 15 is 0 Å². The van der Waals surface area contributed by atoms with Crippen LogP contribution in [0.4, 0.5) is 4.79 Å². The molecule has 1 aromatic carbocycles. The number of carbonyl (C=O) groups is 1. The van der Waals surface area contributed by atoms with Crippen LogP contribution in [0.1, 0.15) is 34.5 Å². The number of aryl methyl sites for hydroxylation is 2. The van der Waals surface area contributed by atoms with E-state index in [2.05, 4.69) is 16.7 Å². The van der Waals surface area contributed by atoms with Gasteiger partial charge in [-0.2, -0.15) is 0 Å². The lowest BCUT2D eigenvalue weighted by atomic mass is 10.0. The number of methoxy groups -OCH3 is 1. The maximum atomic E-state index is 12.1. The molecule has 0 fully saturated rings. The van der Waals surface area contributed by atoms with Crippen molar-refractivity contribution >= 4 is 17.4 Å². The monoisotopic (exact) mass is 318 g/mol. The van der Waals surface area contributed by atoms with Crippen LogP contribution in [0, 0.1) is 13.8 Å². The molecule has 1 heterocycles. The van der Waals surface area contributed by atoms with Crippen molar-refractivity contribution in [2.45, 2.75) is 33.4 Å². The van der Waals surface area contributed by atoms with Crippen molar-refractivity contribution in [3.8, 4) is 5.75 Å². The van der Waals surface area contributed by atoms with Gasteiger partial charge in [-0.25, -0.2) is 4.79 Å². The number of hydrogen-bond donors (Lipinski definition) is 2. The average molecular weight is 318 g/mol. The van der Waals surface area contributed by atoms with Crippen molar-refractivity contribution in [2.24, 2.45) is 0 Å². The zero-order chi connectivity index (χ0) is 16.1. The number of urea groups is 1. The maximum Gasteiger partial charge on any atom is 0.315 e. The number of rotatable bonds is 5. The predicted molar refractivity (Wildman–Crippen MR) is 90.6 cm³/mol. The second-order valence-electron chi connectivity index (χ2n) is 5.32. The van der Waals surface area contributed by atoms with E-state index in [4.69, 9.17) is 4.74 Å². The molecule has 2 rings (SSSR count). The lowest BCUT2D eigenvalue weighted by Gasteiger charge is -2.18. The normalized spacial score (nSPS) is 11.8.